The predicted molar refractivity (Wildman–Crippen MR) is 64.3 cm³/mol. The number of benzene rings is 1. The number of aromatic nitrogens is 2. The maximum Gasteiger partial charge on any atom is 0.323 e. The van der Waals surface area contributed by atoms with Crippen molar-refractivity contribution in [2.24, 2.45) is 5.73 Å². The summed E-state index contributed by atoms with van der Waals surface area (Å²) in [5.41, 5.74) is 8.25. The smallest absolute Gasteiger partial charge is 0.318 e. The van der Waals surface area contributed by atoms with Gasteiger partial charge in [-0.3, -0.25) is 4.90 Å². The van der Waals surface area contributed by atoms with E-state index in [1.165, 1.54) is 5.56 Å². The quantitative estimate of drug-likeness (QED) is 0.646. The van der Waals surface area contributed by atoms with Crippen molar-refractivity contribution in [2.45, 2.75) is 6.42 Å². The summed E-state index contributed by atoms with van der Waals surface area (Å²) < 4.78 is 0. The lowest BCUT2D eigenvalue weighted by Gasteiger charge is -2.12. The number of fused-ring (bicyclic) bond motifs is 1. The molecular weight excluding hydrogens is 204 g/mol. The summed E-state index contributed by atoms with van der Waals surface area (Å²) in [6, 6.07) is 5.94. The van der Waals surface area contributed by atoms with Crippen LogP contribution in [0.5, 0.6) is 0 Å². The number of nitrogens with one attached hydrogen (secondary N) is 2. The van der Waals surface area contributed by atoms with Crippen molar-refractivity contribution in [3.05, 3.63) is 34.2 Å². The molecule has 0 saturated heterocycles. The van der Waals surface area contributed by atoms with Crippen LogP contribution in [0.15, 0.2) is 23.0 Å². The summed E-state index contributed by atoms with van der Waals surface area (Å²) in [7, 11) is 1.98. The fourth-order valence-electron chi connectivity index (χ4n) is 1.65. The molecule has 86 valence electrons. The highest BCUT2D eigenvalue weighted by molar-refractivity contribution is 5.74. The van der Waals surface area contributed by atoms with Crippen molar-refractivity contribution in [3.63, 3.8) is 0 Å². The average molecular weight is 220 g/mol. The predicted octanol–water partition coefficient (Wildman–Crippen LogP) is 0.247. The van der Waals surface area contributed by atoms with Crippen LogP contribution in [0.4, 0.5) is 0 Å². The Morgan fingerprint density at radius 2 is 2.06 bits per heavy atom. The van der Waals surface area contributed by atoms with Gasteiger partial charge in [-0.25, -0.2) is 4.79 Å². The van der Waals surface area contributed by atoms with Crippen LogP contribution in [-0.2, 0) is 6.42 Å². The van der Waals surface area contributed by atoms with E-state index in [-0.39, 0.29) is 5.69 Å². The van der Waals surface area contributed by atoms with E-state index in [1.54, 1.807) is 0 Å². The molecule has 0 amide bonds. The third-order valence-electron chi connectivity index (χ3n) is 2.67. The van der Waals surface area contributed by atoms with Crippen molar-refractivity contribution in [1.82, 2.24) is 14.9 Å². The molecule has 5 heteroatoms. The number of H-pyrrole nitrogens is 2. The highest BCUT2D eigenvalue weighted by Gasteiger charge is 2.01. The van der Waals surface area contributed by atoms with Crippen molar-refractivity contribution < 1.29 is 0 Å². The lowest BCUT2D eigenvalue weighted by molar-refractivity contribution is 0.349. The minimum Gasteiger partial charge on any atom is -0.318 e. The van der Waals surface area contributed by atoms with Gasteiger partial charge >= 0.3 is 5.69 Å². The zero-order valence-corrected chi connectivity index (χ0v) is 9.29. The molecule has 0 aliphatic heterocycles. The SMILES string of the molecule is CN(CN)CCc1ccc2[nH]c(=O)[nH]c2c1. The standard InChI is InChI=1S/C11H16N4O/c1-15(7-12)5-4-8-2-3-9-10(6-8)14-11(16)13-9/h2-3,6H,4-5,7,12H2,1H3,(H2,13,14,16). The van der Waals surface area contributed by atoms with Gasteiger partial charge in [0, 0.05) is 13.2 Å². The summed E-state index contributed by atoms with van der Waals surface area (Å²) >= 11 is 0. The van der Waals surface area contributed by atoms with Gasteiger partial charge in [0.25, 0.3) is 0 Å². The van der Waals surface area contributed by atoms with Crippen LogP contribution < -0.4 is 11.4 Å². The maximum atomic E-state index is 11.1. The normalized spacial score (nSPS) is 11.4. The molecule has 0 bridgehead atoms. The number of nitrogens with zero attached hydrogens (tertiary/aromatic N) is 1. The van der Waals surface area contributed by atoms with Gasteiger partial charge in [-0.15, -0.1) is 0 Å². The molecule has 1 aromatic heterocycles. The molecule has 2 rings (SSSR count). The number of nitrogens with two attached hydrogens (primary N) is 1. The highest BCUT2D eigenvalue weighted by atomic mass is 16.1. The maximum absolute atomic E-state index is 11.1. The van der Waals surface area contributed by atoms with E-state index in [0.29, 0.717) is 6.67 Å². The van der Waals surface area contributed by atoms with Gasteiger partial charge in [-0.1, -0.05) is 6.07 Å². The molecule has 0 saturated carbocycles. The fraction of sp³-hybridized carbons (Fsp3) is 0.364. The van der Waals surface area contributed by atoms with Crippen molar-refractivity contribution >= 4 is 11.0 Å². The van der Waals surface area contributed by atoms with Crippen molar-refractivity contribution in [3.8, 4) is 0 Å². The van der Waals surface area contributed by atoms with Gasteiger partial charge < -0.3 is 15.7 Å². The second-order valence-electron chi connectivity index (χ2n) is 3.97. The van der Waals surface area contributed by atoms with E-state index < -0.39 is 0 Å². The van der Waals surface area contributed by atoms with Crippen LogP contribution in [0.1, 0.15) is 5.56 Å². The van der Waals surface area contributed by atoms with Gasteiger partial charge in [-0.2, -0.15) is 0 Å². The Morgan fingerprint density at radius 3 is 2.81 bits per heavy atom. The van der Waals surface area contributed by atoms with Crippen LogP contribution in [0, 0.1) is 0 Å². The second-order valence-corrected chi connectivity index (χ2v) is 3.97. The van der Waals surface area contributed by atoms with E-state index in [0.717, 1.165) is 24.0 Å². The summed E-state index contributed by atoms with van der Waals surface area (Å²) in [6.07, 6.45) is 0.927. The molecule has 1 aromatic carbocycles. The first-order chi connectivity index (χ1) is 7.69. The van der Waals surface area contributed by atoms with Crippen LogP contribution >= 0.6 is 0 Å². The third-order valence-corrected chi connectivity index (χ3v) is 2.67. The molecule has 2 aromatic rings. The first-order valence-electron chi connectivity index (χ1n) is 5.28. The van der Waals surface area contributed by atoms with Crippen molar-refractivity contribution in [2.75, 3.05) is 20.3 Å². The Balaban J connectivity index is 2.16. The van der Waals surface area contributed by atoms with Crippen LogP contribution in [0.25, 0.3) is 11.0 Å². The second kappa shape index (κ2) is 4.51. The summed E-state index contributed by atoms with van der Waals surface area (Å²) in [5.74, 6) is 0. The van der Waals surface area contributed by atoms with E-state index >= 15 is 0 Å². The van der Waals surface area contributed by atoms with Gasteiger partial charge in [0.1, 0.15) is 0 Å². The zero-order valence-electron chi connectivity index (χ0n) is 9.29. The Morgan fingerprint density at radius 1 is 1.31 bits per heavy atom. The molecule has 0 radical (unpaired) electrons. The molecule has 0 aliphatic rings. The number of imidazole rings is 1. The number of likely N-dealkylation sites (N-methyl/N-ethyl adjacent to an activating group) is 1. The van der Waals surface area contributed by atoms with Crippen LogP contribution in [-0.4, -0.2) is 35.1 Å². The van der Waals surface area contributed by atoms with Gasteiger partial charge in [0.2, 0.25) is 0 Å². The summed E-state index contributed by atoms with van der Waals surface area (Å²) in [6.45, 7) is 1.47. The Labute approximate surface area is 93.3 Å². The Bertz CT molecular complexity index is 528. The molecule has 0 aliphatic carbocycles. The molecule has 16 heavy (non-hydrogen) atoms. The fourth-order valence-corrected chi connectivity index (χ4v) is 1.65. The first-order valence-corrected chi connectivity index (χ1v) is 5.28. The average Bonchev–Trinajstić information content (AvgIpc) is 2.65. The molecule has 1 heterocycles. The molecule has 0 spiro atoms. The Hall–Kier alpha value is -1.59. The summed E-state index contributed by atoms with van der Waals surface area (Å²) in [4.78, 5) is 18.6. The minimum atomic E-state index is -0.161. The topological polar surface area (TPSA) is 77.9 Å². The third kappa shape index (κ3) is 2.32. The van der Waals surface area contributed by atoms with Crippen molar-refractivity contribution in [1.29, 1.82) is 0 Å². The minimum absolute atomic E-state index is 0.161. The Kier molecular flexibility index (Phi) is 3.07. The van der Waals surface area contributed by atoms with Crippen LogP contribution in [0.3, 0.4) is 0 Å². The summed E-state index contributed by atoms with van der Waals surface area (Å²) in [5, 5.41) is 0. The monoisotopic (exact) mass is 220 g/mol. The lowest BCUT2D eigenvalue weighted by Crippen LogP contribution is -2.27. The molecule has 5 nitrogen and oxygen atoms in total. The van der Waals surface area contributed by atoms with Gasteiger partial charge in [0.05, 0.1) is 11.0 Å². The van der Waals surface area contributed by atoms with Gasteiger partial charge in [-0.05, 0) is 31.2 Å². The lowest BCUT2D eigenvalue weighted by atomic mass is 10.1. The van der Waals surface area contributed by atoms with Gasteiger partial charge in [0.15, 0.2) is 0 Å². The molecule has 4 N–H and O–H groups in total. The molecular formula is C11H16N4O. The van der Waals surface area contributed by atoms with E-state index in [1.807, 2.05) is 30.1 Å². The number of rotatable bonds is 4. The number of hydrogen-bond acceptors (Lipinski definition) is 3. The highest BCUT2D eigenvalue weighted by Crippen LogP contribution is 2.10. The van der Waals surface area contributed by atoms with E-state index in [9.17, 15) is 4.79 Å². The largest absolute Gasteiger partial charge is 0.323 e. The van der Waals surface area contributed by atoms with E-state index in [4.69, 9.17) is 5.73 Å². The molecule has 0 fully saturated rings. The first kappa shape index (κ1) is 10.9. The number of aromatic amines is 2. The number of hydrogen-bond donors (Lipinski definition) is 3. The molecule has 0 atom stereocenters. The zero-order chi connectivity index (χ0) is 11.5. The van der Waals surface area contributed by atoms with Crippen LogP contribution in [0.2, 0.25) is 0 Å². The van der Waals surface area contributed by atoms with E-state index in [2.05, 4.69) is 9.97 Å². The molecule has 0 unspecified atom stereocenters.